The number of piperazine rings is 1. The van der Waals surface area contributed by atoms with Crippen molar-refractivity contribution in [2.45, 2.75) is 12.8 Å². The Balaban J connectivity index is 1.30. The molecular weight excluding hydrogens is 328 g/mol. The molecule has 0 bridgehead atoms. The summed E-state index contributed by atoms with van der Waals surface area (Å²) < 4.78 is 11.1. The highest BCUT2D eigenvalue weighted by Crippen LogP contribution is 2.15. The molecule has 1 atom stereocenters. The zero-order valence-electron chi connectivity index (χ0n) is 15.9. The molecule has 6 nitrogen and oxygen atoms in total. The largest absolute Gasteiger partial charge is 0.381 e. The van der Waals surface area contributed by atoms with E-state index in [2.05, 4.69) is 50.4 Å². The second kappa shape index (κ2) is 10.4. The smallest absolute Gasteiger partial charge is 0.193 e. The van der Waals surface area contributed by atoms with Gasteiger partial charge in [-0.3, -0.25) is 4.99 Å². The first-order valence-corrected chi connectivity index (χ1v) is 9.78. The van der Waals surface area contributed by atoms with E-state index in [1.54, 1.807) is 0 Å². The van der Waals surface area contributed by atoms with E-state index in [1.807, 2.05) is 7.05 Å². The molecule has 2 fully saturated rings. The van der Waals surface area contributed by atoms with Gasteiger partial charge in [0.15, 0.2) is 5.96 Å². The summed E-state index contributed by atoms with van der Waals surface area (Å²) in [5, 5.41) is 3.47. The quantitative estimate of drug-likeness (QED) is 0.457. The van der Waals surface area contributed by atoms with Crippen LogP contribution in [0.1, 0.15) is 12.8 Å². The first-order chi connectivity index (χ1) is 12.9. The highest BCUT2D eigenvalue weighted by Gasteiger charge is 2.19. The molecule has 0 amide bonds. The van der Waals surface area contributed by atoms with Gasteiger partial charge in [0.25, 0.3) is 0 Å². The van der Waals surface area contributed by atoms with Crippen molar-refractivity contribution in [1.29, 1.82) is 0 Å². The first kappa shape index (κ1) is 19.0. The Kier molecular flexibility index (Phi) is 7.58. The maximum Gasteiger partial charge on any atom is 0.193 e. The summed E-state index contributed by atoms with van der Waals surface area (Å²) >= 11 is 0. The number of aliphatic imine (C=N–C) groups is 1. The van der Waals surface area contributed by atoms with Crippen LogP contribution in [0.15, 0.2) is 35.3 Å². The van der Waals surface area contributed by atoms with Gasteiger partial charge in [-0.15, -0.1) is 0 Å². The summed E-state index contributed by atoms with van der Waals surface area (Å²) in [6.07, 6.45) is 2.14. The third kappa shape index (κ3) is 5.61. The fourth-order valence-corrected chi connectivity index (χ4v) is 3.49. The van der Waals surface area contributed by atoms with Crippen LogP contribution in [0.25, 0.3) is 0 Å². The van der Waals surface area contributed by atoms with E-state index < -0.39 is 0 Å². The minimum absolute atomic E-state index is 0.594. The molecule has 144 valence electrons. The van der Waals surface area contributed by atoms with Crippen molar-refractivity contribution in [3.05, 3.63) is 30.3 Å². The average molecular weight is 361 g/mol. The normalized spacial score (nSPS) is 21.3. The number of benzene rings is 1. The monoisotopic (exact) mass is 360 g/mol. The molecule has 2 heterocycles. The van der Waals surface area contributed by atoms with Crippen LogP contribution in [0.2, 0.25) is 0 Å². The molecule has 1 unspecified atom stereocenters. The average Bonchev–Trinajstić information content (AvgIpc) is 3.22. The highest BCUT2D eigenvalue weighted by atomic mass is 16.5. The molecule has 3 rings (SSSR count). The number of rotatable bonds is 7. The number of hydrogen-bond acceptors (Lipinski definition) is 4. The molecule has 0 radical (unpaired) electrons. The van der Waals surface area contributed by atoms with Gasteiger partial charge in [-0.1, -0.05) is 18.2 Å². The molecule has 6 heteroatoms. The summed E-state index contributed by atoms with van der Waals surface area (Å²) in [5.74, 6) is 1.60. The van der Waals surface area contributed by atoms with Crippen molar-refractivity contribution >= 4 is 11.6 Å². The molecule has 2 saturated heterocycles. The van der Waals surface area contributed by atoms with Gasteiger partial charge in [-0.2, -0.15) is 0 Å². The van der Waals surface area contributed by atoms with Crippen molar-refractivity contribution in [3.63, 3.8) is 0 Å². The predicted octanol–water partition coefficient (Wildman–Crippen LogP) is 1.83. The number of hydrogen-bond donors (Lipinski definition) is 1. The lowest BCUT2D eigenvalue weighted by Gasteiger charge is -2.37. The standard InChI is InChI=1S/C20H32N4O2/c1-21-20(22-9-5-14-25-16-18-8-15-26-17-18)24-12-10-23(11-13-24)19-6-3-2-4-7-19/h2-4,6-7,18H,5,8-17H2,1H3,(H,21,22). The summed E-state index contributed by atoms with van der Waals surface area (Å²) in [4.78, 5) is 9.22. The molecule has 26 heavy (non-hydrogen) atoms. The zero-order valence-corrected chi connectivity index (χ0v) is 15.9. The molecular formula is C20H32N4O2. The molecule has 0 aliphatic carbocycles. The second-order valence-electron chi connectivity index (χ2n) is 6.94. The van der Waals surface area contributed by atoms with Gasteiger partial charge in [-0.25, -0.2) is 0 Å². The van der Waals surface area contributed by atoms with Crippen LogP contribution in [0.3, 0.4) is 0 Å². The second-order valence-corrected chi connectivity index (χ2v) is 6.94. The molecule has 2 aliphatic rings. The van der Waals surface area contributed by atoms with E-state index in [-0.39, 0.29) is 0 Å². The van der Waals surface area contributed by atoms with Crippen molar-refractivity contribution in [3.8, 4) is 0 Å². The Bertz CT molecular complexity index is 538. The summed E-state index contributed by atoms with van der Waals surface area (Å²) in [5.41, 5.74) is 1.31. The van der Waals surface area contributed by atoms with Crippen LogP contribution in [-0.2, 0) is 9.47 Å². The Labute approximate surface area is 157 Å². The Hall–Kier alpha value is -1.79. The molecule has 1 aromatic rings. The van der Waals surface area contributed by atoms with Crippen LogP contribution < -0.4 is 10.2 Å². The van der Waals surface area contributed by atoms with Crippen molar-refractivity contribution < 1.29 is 9.47 Å². The van der Waals surface area contributed by atoms with Crippen molar-refractivity contribution in [1.82, 2.24) is 10.2 Å². The van der Waals surface area contributed by atoms with Gasteiger partial charge in [0.05, 0.1) is 13.2 Å². The number of nitrogens with zero attached hydrogens (tertiary/aromatic N) is 3. The molecule has 0 spiro atoms. The maximum absolute atomic E-state index is 5.76. The number of guanidine groups is 1. The number of para-hydroxylation sites is 1. The fourth-order valence-electron chi connectivity index (χ4n) is 3.49. The maximum atomic E-state index is 5.76. The van der Waals surface area contributed by atoms with Gasteiger partial charge >= 0.3 is 0 Å². The van der Waals surface area contributed by atoms with Crippen molar-refractivity contribution in [2.24, 2.45) is 10.9 Å². The SMILES string of the molecule is CN=C(NCCCOCC1CCOC1)N1CCN(c2ccccc2)CC1. The third-order valence-corrected chi connectivity index (χ3v) is 5.04. The van der Waals surface area contributed by atoms with E-state index in [4.69, 9.17) is 9.47 Å². The van der Waals surface area contributed by atoms with E-state index in [0.717, 1.165) is 78.0 Å². The minimum Gasteiger partial charge on any atom is -0.381 e. The lowest BCUT2D eigenvalue weighted by atomic mass is 10.1. The highest BCUT2D eigenvalue weighted by molar-refractivity contribution is 5.80. The number of ether oxygens (including phenoxy) is 2. The van der Waals surface area contributed by atoms with E-state index >= 15 is 0 Å². The lowest BCUT2D eigenvalue weighted by Crippen LogP contribution is -2.52. The minimum atomic E-state index is 0.594. The summed E-state index contributed by atoms with van der Waals surface area (Å²) in [7, 11) is 1.86. The van der Waals surface area contributed by atoms with E-state index in [9.17, 15) is 0 Å². The molecule has 2 aliphatic heterocycles. The van der Waals surface area contributed by atoms with Gasteiger partial charge in [0, 0.05) is 64.6 Å². The number of nitrogens with one attached hydrogen (secondary N) is 1. The third-order valence-electron chi connectivity index (χ3n) is 5.04. The molecule has 0 saturated carbocycles. The summed E-state index contributed by atoms with van der Waals surface area (Å²) in [6, 6.07) is 10.6. The van der Waals surface area contributed by atoms with Gasteiger partial charge in [0.1, 0.15) is 0 Å². The van der Waals surface area contributed by atoms with Crippen molar-refractivity contribution in [2.75, 3.05) is 71.1 Å². The van der Waals surface area contributed by atoms with Crippen LogP contribution in [0.4, 0.5) is 5.69 Å². The van der Waals surface area contributed by atoms with E-state index in [1.165, 1.54) is 5.69 Å². The van der Waals surface area contributed by atoms with Crippen LogP contribution in [0, 0.1) is 5.92 Å². The Morgan fingerprint density at radius 1 is 1.23 bits per heavy atom. The Morgan fingerprint density at radius 2 is 2.04 bits per heavy atom. The fraction of sp³-hybridized carbons (Fsp3) is 0.650. The molecule has 1 N–H and O–H groups in total. The molecule has 1 aromatic carbocycles. The first-order valence-electron chi connectivity index (χ1n) is 9.78. The predicted molar refractivity (Wildman–Crippen MR) is 106 cm³/mol. The van der Waals surface area contributed by atoms with Crippen LogP contribution in [-0.4, -0.2) is 77.1 Å². The summed E-state index contributed by atoms with van der Waals surface area (Å²) in [6.45, 7) is 8.31. The lowest BCUT2D eigenvalue weighted by molar-refractivity contribution is 0.0887. The zero-order chi connectivity index (χ0) is 18.0. The van der Waals surface area contributed by atoms with Gasteiger partial charge in [-0.05, 0) is 25.0 Å². The van der Waals surface area contributed by atoms with E-state index in [0.29, 0.717) is 5.92 Å². The van der Waals surface area contributed by atoms with Gasteiger partial charge < -0.3 is 24.6 Å². The van der Waals surface area contributed by atoms with Crippen LogP contribution in [0.5, 0.6) is 0 Å². The molecule has 0 aromatic heterocycles. The Morgan fingerprint density at radius 3 is 2.73 bits per heavy atom. The topological polar surface area (TPSA) is 49.3 Å². The van der Waals surface area contributed by atoms with Gasteiger partial charge in [0.2, 0.25) is 0 Å². The van der Waals surface area contributed by atoms with Crippen LogP contribution >= 0.6 is 0 Å². The number of anilines is 1.